The molecule has 7 heteroatoms. The number of ether oxygens (including phenoxy) is 2. The molecule has 166 valence electrons. The molecule has 1 rings (SSSR count). The predicted octanol–water partition coefficient (Wildman–Crippen LogP) is 5.87. The summed E-state index contributed by atoms with van der Waals surface area (Å²) in [5.41, 5.74) is 0. The zero-order chi connectivity index (χ0) is 20.5. The molecular formula is C21H41O6P. The molecule has 1 saturated heterocycles. The molecule has 28 heavy (non-hydrogen) atoms. The van der Waals surface area contributed by atoms with Gasteiger partial charge in [-0.1, -0.05) is 70.4 Å². The van der Waals surface area contributed by atoms with Crippen LogP contribution in [0.1, 0.15) is 96.8 Å². The fourth-order valence-corrected chi connectivity index (χ4v) is 3.67. The van der Waals surface area contributed by atoms with Gasteiger partial charge in [-0.2, -0.15) is 0 Å². The Kier molecular flexibility index (Phi) is 15.3. The van der Waals surface area contributed by atoms with E-state index in [0.717, 1.165) is 19.3 Å². The van der Waals surface area contributed by atoms with Crippen molar-refractivity contribution < 1.29 is 28.3 Å². The highest BCUT2D eigenvalue weighted by molar-refractivity contribution is 7.46. The number of rotatable bonds is 18. The van der Waals surface area contributed by atoms with Crippen LogP contribution >= 0.6 is 7.82 Å². The summed E-state index contributed by atoms with van der Waals surface area (Å²) < 4.78 is 26.2. The molecule has 2 N–H and O–H groups in total. The van der Waals surface area contributed by atoms with Crippen LogP contribution in [0.5, 0.6) is 0 Å². The molecular weight excluding hydrogens is 379 g/mol. The predicted molar refractivity (Wildman–Crippen MR) is 112 cm³/mol. The van der Waals surface area contributed by atoms with Gasteiger partial charge in [-0.15, -0.1) is 0 Å². The van der Waals surface area contributed by atoms with Crippen LogP contribution in [0.3, 0.4) is 0 Å². The van der Waals surface area contributed by atoms with Crippen LogP contribution in [0.25, 0.3) is 0 Å². The standard InChI is InChI=1S/C21H41O6P/c1-2-3-4-5-6-7-8-9-10-11-12-13-14-15-16-17-21-25-18-20(27-21)19-26-28(22,23)24/h9-10,20-21H,2-8,11-19H2,1H3,(H2,22,23,24)/b10-9-/t20-,21-/m1/s1. The second kappa shape index (κ2) is 16.6. The summed E-state index contributed by atoms with van der Waals surface area (Å²) in [4.78, 5) is 17.4. The van der Waals surface area contributed by atoms with Crippen LogP contribution in [-0.2, 0) is 18.6 Å². The van der Waals surface area contributed by atoms with Crippen LogP contribution in [-0.4, -0.2) is 35.4 Å². The summed E-state index contributed by atoms with van der Waals surface area (Å²) in [7, 11) is -4.43. The summed E-state index contributed by atoms with van der Waals surface area (Å²) in [6, 6.07) is 0. The highest BCUT2D eigenvalue weighted by atomic mass is 31.2. The maximum absolute atomic E-state index is 10.7. The Morgan fingerprint density at radius 2 is 1.50 bits per heavy atom. The Morgan fingerprint density at radius 1 is 0.929 bits per heavy atom. The summed E-state index contributed by atoms with van der Waals surface area (Å²) in [6.45, 7) is 2.45. The lowest BCUT2D eigenvalue weighted by molar-refractivity contribution is -0.0698. The molecule has 2 atom stereocenters. The smallest absolute Gasteiger partial charge is 0.350 e. The summed E-state index contributed by atoms with van der Waals surface area (Å²) in [5, 5.41) is 0. The minimum atomic E-state index is -4.43. The fraction of sp³-hybridized carbons (Fsp3) is 0.905. The van der Waals surface area contributed by atoms with Gasteiger partial charge < -0.3 is 19.3 Å². The monoisotopic (exact) mass is 420 g/mol. The van der Waals surface area contributed by atoms with Crippen LogP contribution in [0.2, 0.25) is 0 Å². The zero-order valence-electron chi connectivity index (χ0n) is 17.6. The molecule has 0 saturated carbocycles. The number of phosphoric acid groups is 1. The molecule has 0 amide bonds. The minimum Gasteiger partial charge on any atom is -0.350 e. The number of allylic oxidation sites excluding steroid dienone is 2. The van der Waals surface area contributed by atoms with Gasteiger partial charge in [0.05, 0.1) is 13.2 Å². The van der Waals surface area contributed by atoms with E-state index in [1.54, 1.807) is 0 Å². The van der Waals surface area contributed by atoms with Gasteiger partial charge in [0, 0.05) is 0 Å². The Hall–Kier alpha value is -0.230. The average Bonchev–Trinajstić information content (AvgIpc) is 3.10. The molecule has 0 unspecified atom stereocenters. The van der Waals surface area contributed by atoms with Crippen LogP contribution < -0.4 is 0 Å². The second-order valence-electron chi connectivity index (χ2n) is 7.68. The van der Waals surface area contributed by atoms with Crippen LogP contribution in [0, 0.1) is 0 Å². The lowest BCUT2D eigenvalue weighted by Crippen LogP contribution is -2.18. The number of unbranched alkanes of at least 4 members (excludes halogenated alkanes) is 11. The number of hydrogen-bond acceptors (Lipinski definition) is 4. The Balaban J connectivity index is 1.83. The van der Waals surface area contributed by atoms with Gasteiger partial charge in [0.25, 0.3) is 0 Å². The first-order chi connectivity index (χ1) is 13.5. The number of hydrogen-bond donors (Lipinski definition) is 2. The van der Waals surface area contributed by atoms with Crippen molar-refractivity contribution in [2.24, 2.45) is 0 Å². The van der Waals surface area contributed by atoms with E-state index in [4.69, 9.17) is 19.3 Å². The molecule has 1 fully saturated rings. The summed E-state index contributed by atoms with van der Waals surface area (Å²) >= 11 is 0. The van der Waals surface area contributed by atoms with Gasteiger partial charge in [0.15, 0.2) is 6.29 Å². The Labute approximate surface area is 171 Å². The first kappa shape index (κ1) is 25.8. The first-order valence-electron chi connectivity index (χ1n) is 11.1. The largest absolute Gasteiger partial charge is 0.469 e. The van der Waals surface area contributed by atoms with E-state index >= 15 is 0 Å². The van der Waals surface area contributed by atoms with E-state index in [-0.39, 0.29) is 19.0 Å². The molecule has 0 aromatic carbocycles. The van der Waals surface area contributed by atoms with Crippen molar-refractivity contribution in [1.29, 1.82) is 0 Å². The van der Waals surface area contributed by atoms with Gasteiger partial charge >= 0.3 is 7.82 Å². The van der Waals surface area contributed by atoms with E-state index in [1.165, 1.54) is 70.6 Å². The highest BCUT2D eigenvalue weighted by Crippen LogP contribution is 2.36. The van der Waals surface area contributed by atoms with E-state index < -0.39 is 7.82 Å². The van der Waals surface area contributed by atoms with Crippen molar-refractivity contribution in [3.05, 3.63) is 12.2 Å². The average molecular weight is 421 g/mol. The third-order valence-corrected chi connectivity index (χ3v) is 5.43. The molecule has 0 radical (unpaired) electrons. The van der Waals surface area contributed by atoms with Crippen LogP contribution in [0.15, 0.2) is 12.2 Å². The zero-order valence-corrected chi connectivity index (χ0v) is 18.5. The topological polar surface area (TPSA) is 85.2 Å². The minimum absolute atomic E-state index is 0.132. The Bertz CT molecular complexity index is 437. The van der Waals surface area contributed by atoms with Crippen LogP contribution in [0.4, 0.5) is 0 Å². The normalized spacial score (nSPS) is 20.4. The molecule has 0 aromatic heterocycles. The van der Waals surface area contributed by atoms with E-state index in [0.29, 0.717) is 6.61 Å². The quantitative estimate of drug-likeness (QED) is 0.164. The van der Waals surface area contributed by atoms with Gasteiger partial charge in [0.2, 0.25) is 0 Å². The van der Waals surface area contributed by atoms with Crippen molar-refractivity contribution in [3.8, 4) is 0 Å². The molecule has 1 aliphatic rings. The van der Waals surface area contributed by atoms with E-state index in [1.807, 2.05) is 0 Å². The lowest BCUT2D eigenvalue weighted by Gasteiger charge is -2.12. The first-order valence-corrected chi connectivity index (χ1v) is 12.7. The number of phosphoric ester groups is 1. The van der Waals surface area contributed by atoms with Gasteiger partial charge in [0.1, 0.15) is 6.10 Å². The highest BCUT2D eigenvalue weighted by Gasteiger charge is 2.28. The fourth-order valence-electron chi connectivity index (χ4n) is 3.31. The molecule has 0 spiro atoms. The lowest BCUT2D eigenvalue weighted by atomic mass is 10.1. The third kappa shape index (κ3) is 15.7. The maximum Gasteiger partial charge on any atom is 0.469 e. The maximum atomic E-state index is 10.7. The summed E-state index contributed by atoms with van der Waals surface area (Å²) in [6.07, 6.45) is 21.4. The molecule has 0 aromatic rings. The van der Waals surface area contributed by atoms with Gasteiger partial charge in [-0.05, 0) is 38.5 Å². The molecule has 1 heterocycles. The SMILES string of the molecule is CCCCCCCC/C=C\CCCCCCC[C@@H]1OC[C@H](COP(=O)(O)O)O1. The summed E-state index contributed by atoms with van der Waals surface area (Å²) in [5.74, 6) is 0. The van der Waals surface area contributed by atoms with Crippen molar-refractivity contribution >= 4 is 7.82 Å². The molecule has 0 bridgehead atoms. The molecule has 1 aliphatic heterocycles. The van der Waals surface area contributed by atoms with Crippen molar-refractivity contribution in [2.75, 3.05) is 13.2 Å². The van der Waals surface area contributed by atoms with Crippen molar-refractivity contribution in [3.63, 3.8) is 0 Å². The third-order valence-electron chi connectivity index (χ3n) is 4.94. The molecule has 0 aliphatic carbocycles. The molecule has 6 nitrogen and oxygen atoms in total. The van der Waals surface area contributed by atoms with Gasteiger partial charge in [-0.25, -0.2) is 4.57 Å². The Morgan fingerprint density at radius 3 is 2.11 bits per heavy atom. The van der Waals surface area contributed by atoms with Crippen molar-refractivity contribution in [1.82, 2.24) is 0 Å². The van der Waals surface area contributed by atoms with Crippen molar-refractivity contribution in [2.45, 2.75) is 109 Å². The second-order valence-corrected chi connectivity index (χ2v) is 8.92. The van der Waals surface area contributed by atoms with E-state index in [2.05, 4.69) is 23.6 Å². The van der Waals surface area contributed by atoms with Gasteiger partial charge in [-0.3, -0.25) is 4.52 Å². The van der Waals surface area contributed by atoms with E-state index in [9.17, 15) is 4.57 Å².